The van der Waals surface area contributed by atoms with E-state index in [9.17, 15) is 9.59 Å². The summed E-state index contributed by atoms with van der Waals surface area (Å²) in [4.78, 5) is 23.1. The molecule has 2 N–H and O–H groups in total. The van der Waals surface area contributed by atoms with E-state index < -0.39 is 5.91 Å². The van der Waals surface area contributed by atoms with Crippen molar-refractivity contribution in [3.8, 4) is 0 Å². The molecule has 5 nitrogen and oxygen atoms in total. The monoisotopic (exact) mass is 325 g/mol. The fourth-order valence-electron chi connectivity index (χ4n) is 1.18. The lowest BCUT2D eigenvalue weighted by Gasteiger charge is -2.06. The molecule has 0 aromatic heterocycles. The summed E-state index contributed by atoms with van der Waals surface area (Å²) < 4.78 is 0.767. The molecule has 1 aromatic rings. The Labute approximate surface area is 120 Å². The first kappa shape index (κ1) is 15.4. The van der Waals surface area contributed by atoms with Gasteiger partial charge in [-0.15, -0.1) is 0 Å². The van der Waals surface area contributed by atoms with Gasteiger partial charge in [0.2, 0.25) is 11.8 Å². The maximum atomic E-state index is 11.6. The predicted molar refractivity (Wildman–Crippen MR) is 78.9 cm³/mol. The number of benzene rings is 1. The van der Waals surface area contributed by atoms with E-state index in [2.05, 4.69) is 31.8 Å². The molecule has 6 heteroatoms. The maximum Gasteiger partial charge on any atom is 0.249 e. The number of anilines is 1. The molecule has 0 aliphatic heterocycles. The molecule has 0 saturated heterocycles. The molecule has 19 heavy (non-hydrogen) atoms. The number of carbonyl (C=O) groups excluding carboxylic acids is 2. The second-order valence-corrected chi connectivity index (χ2v) is 4.79. The van der Waals surface area contributed by atoms with Crippen LogP contribution in [0.1, 0.15) is 26.7 Å². The van der Waals surface area contributed by atoms with Crippen LogP contribution in [0.2, 0.25) is 0 Å². The van der Waals surface area contributed by atoms with Crippen LogP contribution >= 0.6 is 15.9 Å². The van der Waals surface area contributed by atoms with Crippen molar-refractivity contribution >= 4 is 39.1 Å². The topological polar surface area (TPSA) is 70.6 Å². The third kappa shape index (κ3) is 5.65. The van der Waals surface area contributed by atoms with Crippen LogP contribution in [-0.4, -0.2) is 17.5 Å². The lowest BCUT2D eigenvalue weighted by atomic mass is 10.3. The largest absolute Gasteiger partial charge is 0.325 e. The summed E-state index contributed by atoms with van der Waals surface area (Å²) in [7, 11) is 0. The minimum atomic E-state index is -0.433. The second-order valence-electron chi connectivity index (χ2n) is 3.94. The molecule has 0 aliphatic carbocycles. The molecule has 0 heterocycles. The van der Waals surface area contributed by atoms with Crippen LogP contribution in [0.3, 0.4) is 0 Å². The van der Waals surface area contributed by atoms with Crippen LogP contribution in [0.5, 0.6) is 0 Å². The summed E-state index contributed by atoms with van der Waals surface area (Å²) in [6.45, 7) is 3.74. The number of nitrogens with one attached hydrogen (secondary N) is 2. The van der Waals surface area contributed by atoms with Crippen molar-refractivity contribution in [2.45, 2.75) is 26.7 Å². The molecular formula is C13H16BrN3O2. The number of nitrogens with zero attached hydrogens (tertiary/aromatic N) is 1. The zero-order valence-corrected chi connectivity index (χ0v) is 12.5. The van der Waals surface area contributed by atoms with Gasteiger partial charge >= 0.3 is 0 Å². The quantitative estimate of drug-likeness (QED) is 0.496. The number of hydrazone groups is 1. The van der Waals surface area contributed by atoms with Gasteiger partial charge in [-0.05, 0) is 41.4 Å². The standard InChI is InChI=1S/C13H16BrN3O2/c1-3-9(2)16-17-13(19)8-12(18)15-11-7-5-4-6-10(11)14/h4-7H,3,8H2,1-2H3,(H,15,18)(H,17,19)/b16-9+. The Bertz CT molecular complexity index is 500. The number of para-hydroxylation sites is 1. The van der Waals surface area contributed by atoms with Gasteiger partial charge in [-0.1, -0.05) is 19.1 Å². The Morgan fingerprint density at radius 2 is 1.95 bits per heavy atom. The van der Waals surface area contributed by atoms with Gasteiger partial charge in [-0.2, -0.15) is 5.10 Å². The fraction of sp³-hybridized carbons (Fsp3) is 0.308. The Balaban J connectivity index is 2.48. The molecule has 0 unspecified atom stereocenters. The number of hydrogen-bond acceptors (Lipinski definition) is 3. The minimum Gasteiger partial charge on any atom is -0.325 e. The first-order valence-corrected chi connectivity index (χ1v) is 6.68. The molecule has 0 bridgehead atoms. The molecule has 0 atom stereocenters. The highest BCUT2D eigenvalue weighted by molar-refractivity contribution is 9.10. The van der Waals surface area contributed by atoms with E-state index in [0.29, 0.717) is 5.69 Å². The molecular weight excluding hydrogens is 310 g/mol. The van der Waals surface area contributed by atoms with Gasteiger partial charge in [-0.3, -0.25) is 9.59 Å². The van der Waals surface area contributed by atoms with Gasteiger partial charge in [0.15, 0.2) is 0 Å². The third-order valence-corrected chi connectivity index (χ3v) is 3.04. The number of rotatable bonds is 5. The summed E-state index contributed by atoms with van der Waals surface area (Å²) in [5.41, 5.74) is 3.78. The van der Waals surface area contributed by atoms with Gasteiger partial charge in [0.25, 0.3) is 0 Å². The maximum absolute atomic E-state index is 11.6. The van der Waals surface area contributed by atoms with E-state index >= 15 is 0 Å². The van der Waals surface area contributed by atoms with Crippen LogP contribution in [0.15, 0.2) is 33.8 Å². The molecule has 0 aliphatic rings. The molecule has 1 rings (SSSR count). The van der Waals surface area contributed by atoms with E-state index in [0.717, 1.165) is 16.6 Å². The van der Waals surface area contributed by atoms with Crippen LogP contribution in [-0.2, 0) is 9.59 Å². The van der Waals surface area contributed by atoms with Gasteiger partial charge in [0.1, 0.15) is 6.42 Å². The Kier molecular flexibility index (Phi) is 6.21. The molecule has 102 valence electrons. The normalized spacial score (nSPS) is 11.0. The highest BCUT2D eigenvalue weighted by Gasteiger charge is 2.10. The van der Waals surface area contributed by atoms with Crippen LogP contribution < -0.4 is 10.7 Å². The molecule has 0 spiro atoms. The third-order valence-electron chi connectivity index (χ3n) is 2.35. The van der Waals surface area contributed by atoms with Crippen molar-refractivity contribution in [2.24, 2.45) is 5.10 Å². The van der Waals surface area contributed by atoms with E-state index in [-0.39, 0.29) is 12.3 Å². The van der Waals surface area contributed by atoms with Crippen molar-refractivity contribution in [3.63, 3.8) is 0 Å². The smallest absolute Gasteiger partial charge is 0.249 e. The van der Waals surface area contributed by atoms with E-state index in [1.807, 2.05) is 19.1 Å². The van der Waals surface area contributed by atoms with Gasteiger partial charge in [0, 0.05) is 10.2 Å². The molecule has 0 fully saturated rings. The second kappa shape index (κ2) is 7.68. The Morgan fingerprint density at radius 3 is 2.58 bits per heavy atom. The first-order valence-electron chi connectivity index (χ1n) is 5.89. The number of carbonyl (C=O) groups is 2. The first-order chi connectivity index (χ1) is 9.02. The number of halogens is 1. The van der Waals surface area contributed by atoms with Crippen molar-refractivity contribution < 1.29 is 9.59 Å². The van der Waals surface area contributed by atoms with Crippen LogP contribution in [0.4, 0.5) is 5.69 Å². The summed E-state index contributed by atoms with van der Waals surface area (Å²) in [6, 6.07) is 7.20. The molecule has 0 radical (unpaired) electrons. The molecule has 0 saturated carbocycles. The summed E-state index contributed by atoms with van der Waals surface area (Å²) >= 11 is 3.31. The molecule has 2 amide bonds. The highest BCUT2D eigenvalue weighted by atomic mass is 79.9. The summed E-state index contributed by atoms with van der Waals surface area (Å²) in [6.07, 6.45) is 0.491. The fourth-order valence-corrected chi connectivity index (χ4v) is 1.56. The van der Waals surface area contributed by atoms with E-state index in [1.54, 1.807) is 19.1 Å². The van der Waals surface area contributed by atoms with Gasteiger partial charge in [-0.25, -0.2) is 5.43 Å². The van der Waals surface area contributed by atoms with Crippen LogP contribution in [0, 0.1) is 0 Å². The van der Waals surface area contributed by atoms with Crippen LogP contribution in [0.25, 0.3) is 0 Å². The Hall–Kier alpha value is -1.69. The lowest BCUT2D eigenvalue weighted by Crippen LogP contribution is -2.25. The van der Waals surface area contributed by atoms with Gasteiger partial charge < -0.3 is 5.32 Å². The average Bonchev–Trinajstić information content (AvgIpc) is 2.38. The highest BCUT2D eigenvalue weighted by Crippen LogP contribution is 2.21. The molecule has 1 aromatic carbocycles. The van der Waals surface area contributed by atoms with Crippen molar-refractivity contribution in [1.82, 2.24) is 5.43 Å². The Morgan fingerprint density at radius 1 is 1.26 bits per heavy atom. The predicted octanol–water partition coefficient (Wildman–Crippen LogP) is 2.68. The average molecular weight is 326 g/mol. The zero-order chi connectivity index (χ0) is 14.3. The summed E-state index contributed by atoms with van der Waals surface area (Å²) in [5, 5.41) is 6.50. The van der Waals surface area contributed by atoms with Crippen molar-refractivity contribution in [2.75, 3.05) is 5.32 Å². The lowest BCUT2D eigenvalue weighted by molar-refractivity contribution is -0.126. The number of amides is 2. The zero-order valence-electron chi connectivity index (χ0n) is 10.9. The van der Waals surface area contributed by atoms with Crippen molar-refractivity contribution in [1.29, 1.82) is 0 Å². The van der Waals surface area contributed by atoms with E-state index in [1.165, 1.54) is 0 Å². The minimum absolute atomic E-state index is 0.262. The van der Waals surface area contributed by atoms with Crippen molar-refractivity contribution in [3.05, 3.63) is 28.7 Å². The number of hydrogen-bond donors (Lipinski definition) is 2. The SMILES string of the molecule is CC/C(C)=N/NC(=O)CC(=O)Nc1ccccc1Br. The summed E-state index contributed by atoms with van der Waals surface area (Å²) in [5.74, 6) is -0.814. The van der Waals surface area contributed by atoms with E-state index in [4.69, 9.17) is 0 Å². The van der Waals surface area contributed by atoms with Gasteiger partial charge in [0.05, 0.1) is 5.69 Å².